The second-order valence-electron chi connectivity index (χ2n) is 5.88. The van der Waals surface area contributed by atoms with Gasteiger partial charge in [-0.05, 0) is 54.8 Å². The van der Waals surface area contributed by atoms with Crippen molar-refractivity contribution in [1.82, 2.24) is 14.9 Å². The van der Waals surface area contributed by atoms with Crippen LogP contribution in [0.2, 0.25) is 0 Å². The number of nitrogens with one attached hydrogen (secondary N) is 1. The lowest BCUT2D eigenvalue weighted by Crippen LogP contribution is -2.48. The minimum absolute atomic E-state index is 0.434. The number of nitrogens with zero attached hydrogens (tertiary/aromatic N) is 3. The lowest BCUT2D eigenvalue weighted by atomic mass is 9.49. The highest BCUT2D eigenvalue weighted by atomic mass is 32.1. The van der Waals surface area contributed by atoms with Crippen LogP contribution in [0.3, 0.4) is 0 Å². The van der Waals surface area contributed by atoms with Crippen LogP contribution in [0.4, 0.5) is 0 Å². The van der Waals surface area contributed by atoms with Gasteiger partial charge in [-0.1, -0.05) is 19.9 Å². The van der Waals surface area contributed by atoms with Gasteiger partial charge in [0.1, 0.15) is 5.82 Å². The summed E-state index contributed by atoms with van der Waals surface area (Å²) in [6.07, 6.45) is 6.77. The summed E-state index contributed by atoms with van der Waals surface area (Å²) in [6, 6.07) is 0. The van der Waals surface area contributed by atoms with Crippen LogP contribution in [0.15, 0.2) is 16.8 Å². The summed E-state index contributed by atoms with van der Waals surface area (Å²) in [5.41, 5.74) is 1.79. The average Bonchev–Trinajstić information content (AvgIpc) is 2.66. The molecule has 1 aromatic rings. The Hall–Kier alpha value is -1.23. The van der Waals surface area contributed by atoms with Gasteiger partial charge < -0.3 is 0 Å². The van der Waals surface area contributed by atoms with Gasteiger partial charge in [0, 0.05) is 0 Å². The SMILES string of the molecule is Cc1n[nH]c(=S)n1N=CC1=CCC2CC1C2(C)C. The van der Waals surface area contributed by atoms with E-state index in [2.05, 4.69) is 35.2 Å². The first-order valence-electron chi connectivity index (χ1n) is 6.38. The summed E-state index contributed by atoms with van der Waals surface area (Å²) in [5.74, 6) is 2.30. The zero-order valence-corrected chi connectivity index (χ0v) is 11.8. The molecule has 2 atom stereocenters. The fourth-order valence-electron chi connectivity index (χ4n) is 3.18. The molecule has 1 N–H and O–H groups in total. The Balaban J connectivity index is 1.86. The molecule has 18 heavy (non-hydrogen) atoms. The number of aromatic amines is 1. The number of hydrogen-bond acceptors (Lipinski definition) is 3. The van der Waals surface area contributed by atoms with E-state index in [1.165, 1.54) is 18.4 Å². The van der Waals surface area contributed by atoms with Crippen molar-refractivity contribution < 1.29 is 0 Å². The van der Waals surface area contributed by atoms with Crippen LogP contribution in [-0.4, -0.2) is 21.1 Å². The molecule has 5 heteroatoms. The van der Waals surface area contributed by atoms with Crippen molar-refractivity contribution in [3.8, 4) is 0 Å². The maximum atomic E-state index is 5.14. The Morgan fingerprint density at radius 2 is 2.39 bits per heavy atom. The smallest absolute Gasteiger partial charge is 0.216 e. The molecule has 2 bridgehead atoms. The number of rotatable bonds is 2. The number of allylic oxidation sites excluding steroid dienone is 2. The van der Waals surface area contributed by atoms with Gasteiger partial charge in [0.15, 0.2) is 0 Å². The van der Waals surface area contributed by atoms with E-state index in [4.69, 9.17) is 12.2 Å². The molecule has 1 heterocycles. The third-order valence-corrected chi connectivity index (χ3v) is 4.91. The topological polar surface area (TPSA) is 46.0 Å². The van der Waals surface area contributed by atoms with Crippen molar-refractivity contribution in [3.63, 3.8) is 0 Å². The molecule has 0 amide bonds. The average molecular weight is 262 g/mol. The third-order valence-electron chi connectivity index (χ3n) is 4.65. The van der Waals surface area contributed by atoms with E-state index >= 15 is 0 Å². The molecule has 4 nitrogen and oxygen atoms in total. The highest BCUT2D eigenvalue weighted by molar-refractivity contribution is 7.71. The normalized spacial score (nSPS) is 29.2. The monoisotopic (exact) mass is 262 g/mol. The molecule has 0 spiro atoms. The minimum atomic E-state index is 0.434. The summed E-state index contributed by atoms with van der Waals surface area (Å²) in [5, 5.41) is 11.2. The summed E-state index contributed by atoms with van der Waals surface area (Å²) in [4.78, 5) is 0. The van der Waals surface area contributed by atoms with E-state index < -0.39 is 0 Å². The van der Waals surface area contributed by atoms with E-state index in [-0.39, 0.29) is 0 Å². The first-order valence-corrected chi connectivity index (χ1v) is 6.79. The van der Waals surface area contributed by atoms with Crippen LogP contribution in [0.5, 0.6) is 0 Å². The van der Waals surface area contributed by atoms with Crippen LogP contribution in [0.25, 0.3) is 0 Å². The molecule has 0 aliphatic heterocycles. The Morgan fingerprint density at radius 3 is 2.94 bits per heavy atom. The van der Waals surface area contributed by atoms with Crippen molar-refractivity contribution in [3.05, 3.63) is 22.2 Å². The highest BCUT2D eigenvalue weighted by Gasteiger charge is 2.50. The Labute approximate surface area is 112 Å². The van der Waals surface area contributed by atoms with Crippen LogP contribution in [0, 0.1) is 28.9 Å². The Bertz CT molecular complexity index is 590. The first kappa shape index (κ1) is 11.8. The van der Waals surface area contributed by atoms with E-state index in [1.54, 1.807) is 4.68 Å². The standard InChI is InChI=1S/C13H18N4S/c1-8-15-16-12(18)17(8)14-7-9-4-5-10-6-11(9)13(10,2)3/h4,7,10-11H,5-6H2,1-3H3,(H,16,18). The first-order chi connectivity index (χ1) is 8.50. The third kappa shape index (κ3) is 1.61. The summed E-state index contributed by atoms with van der Waals surface area (Å²) >= 11 is 5.14. The predicted octanol–water partition coefficient (Wildman–Crippen LogP) is 3.08. The summed E-state index contributed by atoms with van der Waals surface area (Å²) in [7, 11) is 0. The van der Waals surface area contributed by atoms with Gasteiger partial charge in [-0.15, -0.1) is 0 Å². The Morgan fingerprint density at radius 1 is 1.61 bits per heavy atom. The predicted molar refractivity (Wildman–Crippen MR) is 74.1 cm³/mol. The number of fused-ring (bicyclic) bond motifs is 1. The van der Waals surface area contributed by atoms with Gasteiger partial charge in [-0.25, -0.2) is 0 Å². The zero-order valence-electron chi connectivity index (χ0n) is 11.0. The van der Waals surface area contributed by atoms with Crippen molar-refractivity contribution in [2.75, 3.05) is 0 Å². The van der Waals surface area contributed by atoms with Gasteiger partial charge >= 0.3 is 0 Å². The minimum Gasteiger partial charge on any atom is -0.250 e. The molecule has 4 rings (SSSR count). The molecule has 96 valence electrons. The number of aromatic nitrogens is 3. The Kier molecular flexibility index (Phi) is 2.55. The zero-order chi connectivity index (χ0) is 12.9. The van der Waals surface area contributed by atoms with Gasteiger partial charge in [0.2, 0.25) is 4.77 Å². The second-order valence-corrected chi connectivity index (χ2v) is 6.27. The molecule has 2 unspecified atom stereocenters. The maximum absolute atomic E-state index is 5.14. The van der Waals surface area contributed by atoms with Crippen LogP contribution < -0.4 is 0 Å². The molecule has 3 aliphatic rings. The number of aryl methyl sites for hydroxylation is 1. The molecular formula is C13H18N4S. The number of H-pyrrole nitrogens is 1. The van der Waals surface area contributed by atoms with Crippen molar-refractivity contribution >= 4 is 18.4 Å². The highest BCUT2D eigenvalue weighted by Crippen LogP contribution is 2.58. The van der Waals surface area contributed by atoms with Crippen molar-refractivity contribution in [2.45, 2.75) is 33.6 Å². The van der Waals surface area contributed by atoms with Crippen LogP contribution >= 0.6 is 12.2 Å². The van der Waals surface area contributed by atoms with E-state index in [9.17, 15) is 0 Å². The lowest BCUT2D eigenvalue weighted by Gasteiger charge is -2.55. The molecule has 1 fully saturated rings. The van der Waals surface area contributed by atoms with Crippen LogP contribution in [0.1, 0.15) is 32.5 Å². The van der Waals surface area contributed by atoms with Crippen molar-refractivity contribution in [1.29, 1.82) is 0 Å². The quantitative estimate of drug-likeness (QED) is 0.657. The van der Waals surface area contributed by atoms with Gasteiger partial charge in [-0.2, -0.15) is 14.9 Å². The van der Waals surface area contributed by atoms with Crippen molar-refractivity contribution in [2.24, 2.45) is 22.4 Å². The number of hydrogen-bond donors (Lipinski definition) is 1. The molecule has 1 aromatic heterocycles. The van der Waals surface area contributed by atoms with Gasteiger partial charge in [-0.3, -0.25) is 5.10 Å². The fraction of sp³-hybridized carbons (Fsp3) is 0.615. The van der Waals surface area contributed by atoms with E-state index in [0.29, 0.717) is 16.1 Å². The molecule has 0 saturated heterocycles. The molecule has 3 aliphatic carbocycles. The molecule has 0 aromatic carbocycles. The second kappa shape index (κ2) is 3.88. The summed E-state index contributed by atoms with van der Waals surface area (Å²) in [6.45, 7) is 6.62. The van der Waals surface area contributed by atoms with Gasteiger partial charge in [0.05, 0.1) is 6.21 Å². The fourth-order valence-corrected chi connectivity index (χ4v) is 3.40. The van der Waals surface area contributed by atoms with E-state index in [1.807, 2.05) is 13.1 Å². The molecular weight excluding hydrogens is 244 g/mol. The molecule has 1 saturated carbocycles. The maximum Gasteiger partial charge on any atom is 0.216 e. The largest absolute Gasteiger partial charge is 0.250 e. The summed E-state index contributed by atoms with van der Waals surface area (Å²) < 4.78 is 2.22. The molecule has 0 radical (unpaired) electrons. The van der Waals surface area contributed by atoms with Gasteiger partial charge in [0.25, 0.3) is 0 Å². The lowest BCUT2D eigenvalue weighted by molar-refractivity contribution is -0.00127. The van der Waals surface area contributed by atoms with E-state index in [0.717, 1.165) is 11.7 Å². The van der Waals surface area contributed by atoms with Crippen LogP contribution in [-0.2, 0) is 0 Å².